The Morgan fingerprint density at radius 2 is 1.29 bits per heavy atom. The van der Waals surface area contributed by atoms with Gasteiger partial charge < -0.3 is 5.11 Å². The third kappa shape index (κ3) is 3.46. The lowest BCUT2D eigenvalue weighted by Crippen LogP contribution is -2.28. The molecule has 0 heterocycles. The van der Waals surface area contributed by atoms with Crippen molar-refractivity contribution >= 4 is 5.97 Å². The molecule has 2 unspecified atom stereocenters. The van der Waals surface area contributed by atoms with Gasteiger partial charge in [0.05, 0.1) is 5.92 Å². The van der Waals surface area contributed by atoms with Gasteiger partial charge in [-0.15, -0.1) is 0 Å². The van der Waals surface area contributed by atoms with Gasteiger partial charge in [-0.05, 0) is 24.7 Å². The summed E-state index contributed by atoms with van der Waals surface area (Å²) in [6, 6.07) is 0. The molecule has 1 N–H and O–H groups in total. The molecule has 0 amide bonds. The maximum atomic E-state index is 11.4. The van der Waals surface area contributed by atoms with E-state index in [1.807, 2.05) is 0 Å². The van der Waals surface area contributed by atoms with E-state index in [0.29, 0.717) is 11.8 Å². The monoisotopic (exact) mass is 238 g/mol. The summed E-state index contributed by atoms with van der Waals surface area (Å²) in [5, 5.41) is 9.43. The van der Waals surface area contributed by atoms with Crippen LogP contribution in [-0.4, -0.2) is 11.1 Å². The molecule has 98 valence electrons. The fraction of sp³-hybridized carbons (Fsp3) is 0.933. The van der Waals surface area contributed by atoms with Crippen molar-refractivity contribution in [1.82, 2.24) is 0 Å². The maximum absolute atomic E-state index is 11.4. The molecule has 2 fully saturated rings. The second-order valence-corrected chi connectivity index (χ2v) is 6.00. The molecule has 2 nitrogen and oxygen atoms in total. The van der Waals surface area contributed by atoms with Crippen LogP contribution in [0.4, 0.5) is 0 Å². The zero-order valence-corrected chi connectivity index (χ0v) is 10.9. The van der Waals surface area contributed by atoms with Crippen LogP contribution < -0.4 is 0 Å². The Labute approximate surface area is 105 Å². The lowest BCUT2D eigenvalue weighted by atomic mass is 9.75. The highest BCUT2D eigenvalue weighted by Gasteiger charge is 2.34. The molecule has 2 aliphatic carbocycles. The van der Waals surface area contributed by atoms with Gasteiger partial charge in [-0.2, -0.15) is 0 Å². The first-order valence-electron chi connectivity index (χ1n) is 7.52. The Balaban J connectivity index is 2.04. The van der Waals surface area contributed by atoms with Crippen LogP contribution in [0, 0.1) is 17.8 Å². The lowest BCUT2D eigenvalue weighted by Gasteiger charge is -2.29. The number of carboxylic acids is 1. The fourth-order valence-electron chi connectivity index (χ4n) is 3.95. The minimum atomic E-state index is -0.527. The molecule has 17 heavy (non-hydrogen) atoms. The average molecular weight is 238 g/mol. The van der Waals surface area contributed by atoms with Crippen LogP contribution in [0.15, 0.2) is 0 Å². The van der Waals surface area contributed by atoms with E-state index in [-0.39, 0.29) is 5.92 Å². The third-order valence-electron chi connectivity index (χ3n) is 4.89. The summed E-state index contributed by atoms with van der Waals surface area (Å²) >= 11 is 0. The molecule has 0 spiro atoms. The van der Waals surface area contributed by atoms with Gasteiger partial charge in [0.1, 0.15) is 0 Å². The molecule has 0 aromatic rings. The van der Waals surface area contributed by atoms with Gasteiger partial charge in [-0.25, -0.2) is 0 Å². The van der Waals surface area contributed by atoms with Gasteiger partial charge >= 0.3 is 5.97 Å². The van der Waals surface area contributed by atoms with Crippen molar-refractivity contribution in [3.8, 4) is 0 Å². The zero-order valence-electron chi connectivity index (χ0n) is 10.9. The Morgan fingerprint density at radius 3 is 1.94 bits per heavy atom. The van der Waals surface area contributed by atoms with E-state index in [1.54, 1.807) is 0 Å². The van der Waals surface area contributed by atoms with E-state index in [1.165, 1.54) is 57.8 Å². The summed E-state index contributed by atoms with van der Waals surface area (Å²) in [7, 11) is 0. The third-order valence-corrected chi connectivity index (χ3v) is 4.89. The van der Waals surface area contributed by atoms with E-state index in [0.717, 1.165) is 12.8 Å². The molecule has 2 saturated carbocycles. The SMILES string of the molecule is O=C(O)C1CCCCCC1C1CCCCCC1. The quantitative estimate of drug-likeness (QED) is 0.731. The number of carboxylic acid groups (broad SMARTS) is 1. The van der Waals surface area contributed by atoms with Crippen LogP contribution in [0.3, 0.4) is 0 Å². The van der Waals surface area contributed by atoms with Gasteiger partial charge in [0.2, 0.25) is 0 Å². The van der Waals surface area contributed by atoms with Crippen LogP contribution in [0.25, 0.3) is 0 Å². The highest BCUT2D eigenvalue weighted by molar-refractivity contribution is 5.70. The van der Waals surface area contributed by atoms with Crippen molar-refractivity contribution in [3.05, 3.63) is 0 Å². The number of rotatable bonds is 2. The van der Waals surface area contributed by atoms with E-state index >= 15 is 0 Å². The minimum absolute atomic E-state index is 0.0411. The molecule has 2 aliphatic rings. The molecule has 0 radical (unpaired) electrons. The van der Waals surface area contributed by atoms with Crippen LogP contribution in [0.2, 0.25) is 0 Å². The number of carbonyl (C=O) groups is 1. The maximum Gasteiger partial charge on any atom is 0.306 e. The summed E-state index contributed by atoms with van der Waals surface area (Å²) in [6.07, 6.45) is 13.7. The summed E-state index contributed by atoms with van der Waals surface area (Å²) in [5.74, 6) is 0.617. The molecule has 2 rings (SSSR count). The molecule has 0 aromatic carbocycles. The van der Waals surface area contributed by atoms with Crippen molar-refractivity contribution in [2.75, 3.05) is 0 Å². The van der Waals surface area contributed by atoms with Crippen molar-refractivity contribution < 1.29 is 9.90 Å². The average Bonchev–Trinajstić information content (AvgIpc) is 2.71. The van der Waals surface area contributed by atoms with E-state index < -0.39 is 5.97 Å². The van der Waals surface area contributed by atoms with Gasteiger partial charge in [-0.3, -0.25) is 4.79 Å². The van der Waals surface area contributed by atoms with E-state index in [9.17, 15) is 9.90 Å². The predicted octanol–water partition coefficient (Wildman–Crippen LogP) is 4.24. The van der Waals surface area contributed by atoms with Crippen molar-refractivity contribution in [2.45, 2.75) is 70.6 Å². The van der Waals surface area contributed by atoms with Crippen molar-refractivity contribution in [2.24, 2.45) is 17.8 Å². The topological polar surface area (TPSA) is 37.3 Å². The van der Waals surface area contributed by atoms with E-state index in [4.69, 9.17) is 0 Å². The first kappa shape index (κ1) is 12.9. The second-order valence-electron chi connectivity index (χ2n) is 6.00. The number of hydrogen-bond acceptors (Lipinski definition) is 1. The molecule has 0 saturated heterocycles. The van der Waals surface area contributed by atoms with Crippen molar-refractivity contribution in [3.63, 3.8) is 0 Å². The smallest absolute Gasteiger partial charge is 0.306 e. The van der Waals surface area contributed by atoms with Gasteiger partial charge in [-0.1, -0.05) is 57.8 Å². The standard InChI is InChI=1S/C15H26O2/c16-15(17)14-11-7-3-6-10-13(14)12-8-4-1-2-5-9-12/h12-14H,1-11H2,(H,16,17). The van der Waals surface area contributed by atoms with Gasteiger partial charge in [0, 0.05) is 0 Å². The van der Waals surface area contributed by atoms with E-state index in [2.05, 4.69) is 0 Å². The first-order chi connectivity index (χ1) is 8.29. The molecule has 0 aromatic heterocycles. The second kappa shape index (κ2) is 6.42. The van der Waals surface area contributed by atoms with Gasteiger partial charge in [0.15, 0.2) is 0 Å². The molecule has 0 aliphatic heterocycles. The Kier molecular flexibility index (Phi) is 4.87. The van der Waals surface area contributed by atoms with Crippen molar-refractivity contribution in [1.29, 1.82) is 0 Å². The first-order valence-corrected chi connectivity index (χ1v) is 7.52. The molecule has 2 heteroatoms. The molecule has 0 bridgehead atoms. The normalized spacial score (nSPS) is 32.7. The molecule has 2 atom stereocenters. The Hall–Kier alpha value is -0.530. The van der Waals surface area contributed by atoms with Crippen LogP contribution in [-0.2, 0) is 4.79 Å². The summed E-state index contributed by atoms with van der Waals surface area (Å²) < 4.78 is 0. The highest BCUT2D eigenvalue weighted by Crippen LogP contribution is 2.40. The minimum Gasteiger partial charge on any atom is -0.481 e. The summed E-state index contributed by atoms with van der Waals surface area (Å²) in [6.45, 7) is 0. The molecular weight excluding hydrogens is 212 g/mol. The summed E-state index contributed by atoms with van der Waals surface area (Å²) in [4.78, 5) is 11.4. The van der Waals surface area contributed by atoms with Gasteiger partial charge in [0.25, 0.3) is 0 Å². The Bertz CT molecular complexity index is 241. The Morgan fingerprint density at radius 1 is 0.765 bits per heavy atom. The fourth-order valence-corrected chi connectivity index (χ4v) is 3.95. The zero-order chi connectivity index (χ0) is 12.1. The lowest BCUT2D eigenvalue weighted by molar-refractivity contribution is -0.144. The number of hydrogen-bond donors (Lipinski definition) is 1. The van der Waals surface area contributed by atoms with Crippen LogP contribution in [0.5, 0.6) is 0 Å². The van der Waals surface area contributed by atoms with Crippen LogP contribution >= 0.6 is 0 Å². The van der Waals surface area contributed by atoms with Crippen LogP contribution in [0.1, 0.15) is 70.6 Å². The molecular formula is C15H26O2. The summed E-state index contributed by atoms with van der Waals surface area (Å²) in [5.41, 5.74) is 0. The highest BCUT2D eigenvalue weighted by atomic mass is 16.4. The largest absolute Gasteiger partial charge is 0.481 e. The number of aliphatic carboxylic acids is 1. The predicted molar refractivity (Wildman–Crippen MR) is 68.9 cm³/mol.